The zero-order valence-corrected chi connectivity index (χ0v) is 8.79. The number of aromatic nitrogens is 2. The largest absolute Gasteiger partial charge is 0.480 e. The van der Waals surface area contributed by atoms with E-state index in [1.807, 2.05) is 24.3 Å². The van der Waals surface area contributed by atoms with Crippen molar-refractivity contribution < 1.29 is 9.90 Å². The summed E-state index contributed by atoms with van der Waals surface area (Å²) < 4.78 is 0. The van der Waals surface area contributed by atoms with E-state index in [1.54, 1.807) is 18.1 Å². The summed E-state index contributed by atoms with van der Waals surface area (Å²) in [4.78, 5) is 12.3. The van der Waals surface area contributed by atoms with E-state index in [0.717, 1.165) is 16.6 Å². The Hall–Kier alpha value is -2.17. The molecule has 0 saturated carbocycles. The molecule has 0 spiro atoms. The number of anilines is 1. The van der Waals surface area contributed by atoms with Crippen molar-refractivity contribution in [3.05, 3.63) is 30.5 Å². The lowest BCUT2D eigenvalue weighted by Gasteiger charge is -2.17. The zero-order chi connectivity index (χ0) is 11.5. The smallest absolute Gasteiger partial charge is 0.323 e. The molecule has 0 atom stereocenters. The van der Waals surface area contributed by atoms with Crippen molar-refractivity contribution >= 4 is 22.6 Å². The third-order valence-corrected chi connectivity index (χ3v) is 2.31. The highest BCUT2D eigenvalue weighted by Crippen LogP contribution is 2.22. The second kappa shape index (κ2) is 4.14. The molecule has 0 unspecified atom stereocenters. The molecule has 16 heavy (non-hydrogen) atoms. The van der Waals surface area contributed by atoms with Gasteiger partial charge in [-0.25, -0.2) is 0 Å². The van der Waals surface area contributed by atoms with Gasteiger partial charge in [-0.1, -0.05) is 18.2 Å². The number of hydrogen-bond acceptors (Lipinski definition) is 4. The first-order chi connectivity index (χ1) is 7.68. The summed E-state index contributed by atoms with van der Waals surface area (Å²) in [6, 6.07) is 7.51. The van der Waals surface area contributed by atoms with Crippen LogP contribution in [-0.2, 0) is 4.79 Å². The average Bonchev–Trinajstić information content (AvgIpc) is 2.27. The Morgan fingerprint density at radius 1 is 1.44 bits per heavy atom. The first kappa shape index (κ1) is 10.4. The molecule has 0 radical (unpaired) electrons. The number of rotatable bonds is 3. The Bertz CT molecular complexity index is 522. The number of carboxylic acids is 1. The second-order valence-electron chi connectivity index (χ2n) is 3.50. The van der Waals surface area contributed by atoms with E-state index in [1.165, 1.54) is 0 Å². The van der Waals surface area contributed by atoms with Crippen molar-refractivity contribution in [2.24, 2.45) is 0 Å². The Morgan fingerprint density at radius 2 is 2.19 bits per heavy atom. The molecule has 0 aliphatic heterocycles. The molecule has 0 aliphatic carbocycles. The quantitative estimate of drug-likeness (QED) is 0.835. The lowest BCUT2D eigenvalue weighted by Crippen LogP contribution is -2.25. The Balaban J connectivity index is 2.47. The van der Waals surface area contributed by atoms with Crippen LogP contribution >= 0.6 is 0 Å². The van der Waals surface area contributed by atoms with Crippen LogP contribution in [0.1, 0.15) is 0 Å². The molecular formula is C11H11N3O2. The van der Waals surface area contributed by atoms with Crippen LogP contribution in [0.4, 0.5) is 5.69 Å². The van der Waals surface area contributed by atoms with Gasteiger partial charge in [-0.2, -0.15) is 10.2 Å². The fourth-order valence-electron chi connectivity index (χ4n) is 1.58. The molecule has 1 heterocycles. The summed E-state index contributed by atoms with van der Waals surface area (Å²) in [7, 11) is 1.72. The Labute approximate surface area is 92.3 Å². The Kier molecular flexibility index (Phi) is 2.68. The molecule has 5 nitrogen and oxygen atoms in total. The van der Waals surface area contributed by atoms with Crippen molar-refractivity contribution in [3.8, 4) is 0 Å². The highest BCUT2D eigenvalue weighted by atomic mass is 16.4. The van der Waals surface area contributed by atoms with Gasteiger partial charge in [0, 0.05) is 12.4 Å². The van der Waals surface area contributed by atoms with Gasteiger partial charge in [0.05, 0.1) is 17.4 Å². The van der Waals surface area contributed by atoms with Crippen LogP contribution in [0.3, 0.4) is 0 Å². The lowest BCUT2D eigenvalue weighted by molar-refractivity contribution is -0.135. The topological polar surface area (TPSA) is 66.3 Å². The predicted molar refractivity (Wildman–Crippen MR) is 60.4 cm³/mol. The average molecular weight is 217 g/mol. The monoisotopic (exact) mass is 217 g/mol. The van der Waals surface area contributed by atoms with E-state index in [2.05, 4.69) is 10.2 Å². The molecule has 0 amide bonds. The van der Waals surface area contributed by atoms with Gasteiger partial charge >= 0.3 is 5.97 Å². The minimum atomic E-state index is -0.872. The van der Waals surface area contributed by atoms with Crippen molar-refractivity contribution in [1.29, 1.82) is 0 Å². The van der Waals surface area contributed by atoms with Crippen LogP contribution in [0.15, 0.2) is 30.5 Å². The number of nitrogens with zero attached hydrogens (tertiary/aromatic N) is 3. The molecule has 2 aromatic rings. The van der Waals surface area contributed by atoms with Gasteiger partial charge in [-0.15, -0.1) is 0 Å². The maximum absolute atomic E-state index is 10.6. The Morgan fingerprint density at radius 3 is 2.94 bits per heavy atom. The van der Waals surface area contributed by atoms with Crippen LogP contribution < -0.4 is 4.90 Å². The zero-order valence-electron chi connectivity index (χ0n) is 8.79. The van der Waals surface area contributed by atoms with Crippen molar-refractivity contribution in [1.82, 2.24) is 10.2 Å². The molecule has 0 saturated heterocycles. The maximum Gasteiger partial charge on any atom is 0.323 e. The van der Waals surface area contributed by atoms with Gasteiger partial charge in [0.15, 0.2) is 0 Å². The predicted octanol–water partition coefficient (Wildman–Crippen LogP) is 1.15. The summed E-state index contributed by atoms with van der Waals surface area (Å²) in [6.45, 7) is -0.0598. The third-order valence-electron chi connectivity index (χ3n) is 2.31. The number of benzene rings is 1. The number of carbonyl (C=O) groups is 1. The maximum atomic E-state index is 10.6. The number of carboxylic acid groups (broad SMARTS) is 1. The molecule has 2 rings (SSSR count). The standard InChI is InChI=1S/C11H11N3O2/c1-14(7-11(15)16)10-6-12-13-9-5-3-2-4-8(9)10/h2-6H,7H2,1H3,(H,15,16). The highest BCUT2D eigenvalue weighted by molar-refractivity contribution is 5.91. The van der Waals surface area contributed by atoms with E-state index in [4.69, 9.17) is 5.11 Å². The first-order valence-electron chi connectivity index (χ1n) is 4.82. The van der Waals surface area contributed by atoms with E-state index < -0.39 is 5.97 Å². The lowest BCUT2D eigenvalue weighted by atomic mass is 10.2. The first-order valence-corrected chi connectivity index (χ1v) is 4.82. The van der Waals surface area contributed by atoms with E-state index in [-0.39, 0.29) is 6.54 Å². The van der Waals surface area contributed by atoms with Crippen molar-refractivity contribution in [2.45, 2.75) is 0 Å². The second-order valence-corrected chi connectivity index (χ2v) is 3.50. The van der Waals surface area contributed by atoms with E-state index in [0.29, 0.717) is 0 Å². The molecule has 1 aromatic carbocycles. The van der Waals surface area contributed by atoms with E-state index >= 15 is 0 Å². The van der Waals surface area contributed by atoms with Crippen molar-refractivity contribution in [2.75, 3.05) is 18.5 Å². The third kappa shape index (κ3) is 1.93. The summed E-state index contributed by atoms with van der Waals surface area (Å²) >= 11 is 0. The summed E-state index contributed by atoms with van der Waals surface area (Å²) in [5.74, 6) is -0.872. The van der Waals surface area contributed by atoms with Crippen molar-refractivity contribution in [3.63, 3.8) is 0 Å². The number of hydrogen-bond donors (Lipinski definition) is 1. The highest BCUT2D eigenvalue weighted by Gasteiger charge is 2.09. The fraction of sp³-hybridized carbons (Fsp3) is 0.182. The normalized spacial score (nSPS) is 10.3. The van der Waals surface area contributed by atoms with Crippen LogP contribution in [0.2, 0.25) is 0 Å². The van der Waals surface area contributed by atoms with Gasteiger partial charge in [0.2, 0.25) is 0 Å². The number of likely N-dealkylation sites (N-methyl/N-ethyl adjacent to an activating group) is 1. The van der Waals surface area contributed by atoms with Crippen LogP contribution in [0, 0.1) is 0 Å². The number of aliphatic carboxylic acids is 1. The molecular weight excluding hydrogens is 206 g/mol. The molecule has 82 valence electrons. The van der Waals surface area contributed by atoms with Crippen LogP contribution in [-0.4, -0.2) is 34.9 Å². The van der Waals surface area contributed by atoms with Gasteiger partial charge in [0.25, 0.3) is 0 Å². The van der Waals surface area contributed by atoms with Gasteiger partial charge in [-0.3, -0.25) is 4.79 Å². The molecule has 0 fully saturated rings. The molecule has 1 aromatic heterocycles. The fourth-order valence-corrected chi connectivity index (χ4v) is 1.58. The minimum absolute atomic E-state index is 0.0598. The van der Waals surface area contributed by atoms with E-state index in [9.17, 15) is 4.79 Å². The minimum Gasteiger partial charge on any atom is -0.480 e. The summed E-state index contributed by atoms with van der Waals surface area (Å²) in [6.07, 6.45) is 1.57. The summed E-state index contributed by atoms with van der Waals surface area (Å²) in [5.41, 5.74) is 1.53. The van der Waals surface area contributed by atoms with Gasteiger partial charge in [-0.05, 0) is 6.07 Å². The van der Waals surface area contributed by atoms with Crippen LogP contribution in [0.25, 0.3) is 10.9 Å². The number of fused-ring (bicyclic) bond motifs is 1. The summed E-state index contributed by atoms with van der Waals surface area (Å²) in [5, 5.41) is 17.5. The molecule has 1 N–H and O–H groups in total. The SMILES string of the molecule is CN(CC(=O)O)c1cnnc2ccccc12. The van der Waals surface area contributed by atoms with Gasteiger partial charge < -0.3 is 10.0 Å². The van der Waals surface area contributed by atoms with Crippen LogP contribution in [0.5, 0.6) is 0 Å². The molecule has 0 bridgehead atoms. The molecule has 5 heteroatoms. The molecule has 0 aliphatic rings. The van der Waals surface area contributed by atoms with Gasteiger partial charge in [0.1, 0.15) is 6.54 Å².